The van der Waals surface area contributed by atoms with E-state index in [1.807, 2.05) is 18.2 Å². The van der Waals surface area contributed by atoms with Gasteiger partial charge in [0.25, 0.3) is 0 Å². The van der Waals surface area contributed by atoms with E-state index in [-0.39, 0.29) is 18.5 Å². The molecule has 1 unspecified atom stereocenters. The third kappa shape index (κ3) is 5.58. The Kier molecular flexibility index (Phi) is 6.44. The lowest BCUT2D eigenvalue weighted by Gasteiger charge is -2.22. The first-order chi connectivity index (χ1) is 11.1. The van der Waals surface area contributed by atoms with Crippen molar-refractivity contribution in [1.82, 2.24) is 15.5 Å². The van der Waals surface area contributed by atoms with E-state index < -0.39 is 0 Å². The zero-order valence-corrected chi connectivity index (χ0v) is 14.4. The van der Waals surface area contributed by atoms with Crippen molar-refractivity contribution in [1.29, 1.82) is 0 Å². The van der Waals surface area contributed by atoms with Gasteiger partial charge in [-0.25, -0.2) is 4.99 Å². The molecule has 1 aromatic carbocycles. The fraction of sp³-hybridized carbons (Fsp3) is 0.556. The molecule has 0 radical (unpaired) electrons. The first-order valence-electron chi connectivity index (χ1n) is 8.39. The molecule has 1 aliphatic rings. The van der Waals surface area contributed by atoms with Gasteiger partial charge in [-0.1, -0.05) is 43.2 Å². The summed E-state index contributed by atoms with van der Waals surface area (Å²) in [6.45, 7) is 2.27. The quantitative estimate of drug-likeness (QED) is 0.647. The third-order valence-corrected chi connectivity index (χ3v) is 4.22. The van der Waals surface area contributed by atoms with Crippen LogP contribution in [0.4, 0.5) is 0 Å². The highest BCUT2D eigenvalue weighted by molar-refractivity contribution is 5.85. The summed E-state index contributed by atoms with van der Waals surface area (Å²) in [6.07, 6.45) is 4.86. The monoisotopic (exact) mass is 316 g/mol. The molecule has 2 rings (SSSR count). The SMILES string of the molecule is CC(NC(=NCC(=O)N(C)C)NC1CCCC1)c1ccccc1. The minimum Gasteiger partial charge on any atom is -0.354 e. The highest BCUT2D eigenvalue weighted by atomic mass is 16.2. The van der Waals surface area contributed by atoms with E-state index in [0.717, 1.165) is 5.96 Å². The molecule has 1 amide bonds. The molecule has 0 saturated heterocycles. The molecule has 1 aliphatic carbocycles. The van der Waals surface area contributed by atoms with Gasteiger partial charge in [0.2, 0.25) is 5.91 Å². The Balaban J connectivity index is 2.02. The summed E-state index contributed by atoms with van der Waals surface area (Å²) in [5.41, 5.74) is 1.20. The Morgan fingerprint density at radius 2 is 1.91 bits per heavy atom. The van der Waals surface area contributed by atoms with Gasteiger partial charge in [-0.05, 0) is 25.3 Å². The Labute approximate surface area is 139 Å². The Morgan fingerprint density at radius 3 is 2.52 bits per heavy atom. The number of benzene rings is 1. The van der Waals surface area contributed by atoms with Crippen molar-refractivity contribution in [2.45, 2.75) is 44.7 Å². The van der Waals surface area contributed by atoms with Crippen LogP contribution >= 0.6 is 0 Å². The molecule has 2 N–H and O–H groups in total. The van der Waals surface area contributed by atoms with Crippen LogP contribution in [0.1, 0.15) is 44.2 Å². The van der Waals surface area contributed by atoms with Crippen LogP contribution in [0.2, 0.25) is 0 Å². The number of carbonyl (C=O) groups is 1. The van der Waals surface area contributed by atoms with E-state index in [9.17, 15) is 4.79 Å². The zero-order valence-electron chi connectivity index (χ0n) is 14.4. The summed E-state index contributed by atoms with van der Waals surface area (Å²) in [7, 11) is 3.50. The number of likely N-dealkylation sites (N-methyl/N-ethyl adjacent to an activating group) is 1. The predicted octanol–water partition coefficient (Wildman–Crippen LogP) is 2.31. The van der Waals surface area contributed by atoms with Crippen molar-refractivity contribution >= 4 is 11.9 Å². The minimum atomic E-state index is 0.00452. The number of aliphatic imine (C=N–C) groups is 1. The standard InChI is InChI=1S/C18H28N4O/c1-14(15-9-5-4-6-10-15)20-18(19-13-17(23)22(2)3)21-16-11-7-8-12-16/h4-6,9-10,14,16H,7-8,11-13H2,1-3H3,(H2,19,20,21). The van der Waals surface area contributed by atoms with Crippen molar-refractivity contribution in [3.8, 4) is 0 Å². The fourth-order valence-corrected chi connectivity index (χ4v) is 2.71. The number of hydrogen-bond donors (Lipinski definition) is 2. The van der Waals surface area contributed by atoms with Gasteiger partial charge in [0, 0.05) is 20.1 Å². The lowest BCUT2D eigenvalue weighted by Crippen LogP contribution is -2.44. The van der Waals surface area contributed by atoms with Gasteiger partial charge in [-0.3, -0.25) is 4.79 Å². The number of rotatable bonds is 5. The molecule has 0 aromatic heterocycles. The highest BCUT2D eigenvalue weighted by Gasteiger charge is 2.17. The lowest BCUT2D eigenvalue weighted by atomic mass is 10.1. The summed E-state index contributed by atoms with van der Waals surface area (Å²) < 4.78 is 0. The van der Waals surface area contributed by atoms with E-state index in [2.05, 4.69) is 34.7 Å². The van der Waals surface area contributed by atoms with Crippen LogP contribution in [0, 0.1) is 0 Å². The molecule has 0 bridgehead atoms. The summed E-state index contributed by atoms with van der Waals surface area (Å²) in [4.78, 5) is 17.8. The number of carbonyl (C=O) groups excluding carboxylic acids is 1. The van der Waals surface area contributed by atoms with Crippen molar-refractivity contribution < 1.29 is 4.79 Å². The largest absolute Gasteiger partial charge is 0.354 e. The molecule has 0 heterocycles. The van der Waals surface area contributed by atoms with E-state index in [0.29, 0.717) is 6.04 Å². The Bertz CT molecular complexity index is 521. The topological polar surface area (TPSA) is 56.7 Å². The molecule has 5 nitrogen and oxygen atoms in total. The third-order valence-electron chi connectivity index (χ3n) is 4.22. The first kappa shape index (κ1) is 17.3. The van der Waals surface area contributed by atoms with E-state index in [1.165, 1.54) is 31.2 Å². The van der Waals surface area contributed by atoms with Gasteiger partial charge in [0.05, 0.1) is 6.04 Å². The summed E-state index contributed by atoms with van der Waals surface area (Å²) in [5.74, 6) is 0.730. The normalized spacial score (nSPS) is 16.9. The summed E-state index contributed by atoms with van der Waals surface area (Å²) >= 11 is 0. The van der Waals surface area contributed by atoms with Crippen LogP contribution in [-0.4, -0.2) is 43.4 Å². The maximum absolute atomic E-state index is 11.8. The second-order valence-electron chi connectivity index (χ2n) is 6.36. The molecule has 126 valence electrons. The van der Waals surface area contributed by atoms with E-state index >= 15 is 0 Å². The van der Waals surface area contributed by atoms with Gasteiger partial charge in [0.15, 0.2) is 5.96 Å². The number of hydrogen-bond acceptors (Lipinski definition) is 2. The van der Waals surface area contributed by atoms with Crippen molar-refractivity contribution in [3.63, 3.8) is 0 Å². The second-order valence-corrected chi connectivity index (χ2v) is 6.36. The Morgan fingerprint density at radius 1 is 1.26 bits per heavy atom. The number of nitrogens with one attached hydrogen (secondary N) is 2. The molecule has 1 atom stereocenters. The summed E-state index contributed by atoms with van der Waals surface area (Å²) in [6, 6.07) is 10.9. The van der Waals surface area contributed by atoms with Crippen molar-refractivity contribution in [2.24, 2.45) is 4.99 Å². The first-order valence-corrected chi connectivity index (χ1v) is 8.39. The Hall–Kier alpha value is -2.04. The van der Waals surface area contributed by atoms with Crippen LogP contribution in [0.5, 0.6) is 0 Å². The van der Waals surface area contributed by atoms with Crippen LogP contribution in [-0.2, 0) is 4.79 Å². The van der Waals surface area contributed by atoms with Crippen LogP contribution in [0.3, 0.4) is 0 Å². The average Bonchev–Trinajstić information content (AvgIpc) is 3.05. The van der Waals surface area contributed by atoms with Crippen LogP contribution in [0.15, 0.2) is 35.3 Å². The molecule has 0 spiro atoms. The lowest BCUT2D eigenvalue weighted by molar-refractivity contribution is -0.127. The maximum Gasteiger partial charge on any atom is 0.243 e. The molecular formula is C18H28N4O. The van der Waals surface area contributed by atoms with Crippen LogP contribution < -0.4 is 10.6 Å². The fourth-order valence-electron chi connectivity index (χ4n) is 2.71. The number of nitrogens with zero attached hydrogens (tertiary/aromatic N) is 2. The van der Waals surface area contributed by atoms with Gasteiger partial charge < -0.3 is 15.5 Å². The number of guanidine groups is 1. The van der Waals surface area contributed by atoms with E-state index in [4.69, 9.17) is 0 Å². The zero-order chi connectivity index (χ0) is 16.7. The van der Waals surface area contributed by atoms with Gasteiger partial charge >= 0.3 is 0 Å². The van der Waals surface area contributed by atoms with Crippen molar-refractivity contribution in [2.75, 3.05) is 20.6 Å². The predicted molar refractivity (Wildman–Crippen MR) is 94.4 cm³/mol. The molecule has 1 saturated carbocycles. The second kappa shape index (κ2) is 8.56. The maximum atomic E-state index is 11.8. The minimum absolute atomic E-state index is 0.00452. The smallest absolute Gasteiger partial charge is 0.243 e. The van der Waals surface area contributed by atoms with Gasteiger partial charge in [-0.15, -0.1) is 0 Å². The van der Waals surface area contributed by atoms with Gasteiger partial charge in [-0.2, -0.15) is 0 Å². The summed E-state index contributed by atoms with van der Waals surface area (Å²) in [5, 5.41) is 6.90. The molecule has 0 aliphatic heterocycles. The average molecular weight is 316 g/mol. The molecule has 1 fully saturated rings. The molecule has 23 heavy (non-hydrogen) atoms. The van der Waals surface area contributed by atoms with Gasteiger partial charge in [0.1, 0.15) is 6.54 Å². The highest BCUT2D eigenvalue weighted by Crippen LogP contribution is 2.18. The molecular weight excluding hydrogens is 288 g/mol. The molecule has 5 heteroatoms. The van der Waals surface area contributed by atoms with Crippen molar-refractivity contribution in [3.05, 3.63) is 35.9 Å². The number of amides is 1. The van der Waals surface area contributed by atoms with Crippen LogP contribution in [0.25, 0.3) is 0 Å². The van der Waals surface area contributed by atoms with E-state index in [1.54, 1.807) is 19.0 Å². The molecule has 1 aromatic rings.